The topological polar surface area (TPSA) is 40.6 Å². The van der Waals surface area contributed by atoms with E-state index >= 15 is 0 Å². The second-order valence-electron chi connectivity index (χ2n) is 9.89. The Morgan fingerprint density at radius 3 is 1.71 bits per heavy atom. The molecule has 212 valence electrons. The molecule has 41 heavy (non-hydrogen) atoms. The number of rotatable bonds is 6. The molecule has 0 N–H and O–H groups in total. The number of anilines is 1. The Bertz CT molecular complexity index is 1500. The molecule has 0 bridgehead atoms. The first-order valence-electron chi connectivity index (χ1n) is 12.8. The zero-order chi connectivity index (χ0) is 29.4. The van der Waals surface area contributed by atoms with Crippen LogP contribution in [0.2, 0.25) is 0 Å². The molecule has 0 aromatic heterocycles. The normalized spacial score (nSPS) is 19.6. The number of alkyl halides is 6. The fraction of sp³-hybridized carbons (Fsp3) is 0.226. The van der Waals surface area contributed by atoms with Crippen LogP contribution in [-0.4, -0.2) is 48.0 Å². The van der Waals surface area contributed by atoms with Crippen LogP contribution in [-0.2, 0) is 9.59 Å². The Kier molecular flexibility index (Phi) is 7.50. The molecule has 1 fully saturated rings. The van der Waals surface area contributed by atoms with Crippen molar-refractivity contribution >= 4 is 28.4 Å². The lowest BCUT2D eigenvalue weighted by Gasteiger charge is -2.38. The largest absolute Gasteiger partial charge is 0.454 e. The van der Waals surface area contributed by atoms with Gasteiger partial charge in [-0.1, -0.05) is 78.9 Å². The van der Waals surface area contributed by atoms with Crippen molar-refractivity contribution in [3.05, 3.63) is 114 Å². The highest BCUT2D eigenvalue weighted by atomic mass is 19.4. The van der Waals surface area contributed by atoms with Gasteiger partial charge in [-0.15, -0.1) is 0 Å². The van der Waals surface area contributed by atoms with Crippen LogP contribution in [0.4, 0.5) is 32.0 Å². The van der Waals surface area contributed by atoms with Gasteiger partial charge >= 0.3 is 12.4 Å². The zero-order valence-electron chi connectivity index (χ0n) is 21.5. The number of nitrogens with zero attached hydrogens (tertiary/aromatic N) is 2. The van der Waals surface area contributed by atoms with Crippen molar-refractivity contribution in [1.82, 2.24) is 4.90 Å². The molecule has 0 radical (unpaired) electrons. The number of benzene rings is 3. The summed E-state index contributed by atoms with van der Waals surface area (Å²) in [5, 5.41) is 0. The SMILES string of the molecule is O=C(/C(=C/N1CCC2c3ccccc3N(/C=C(/C(=O)C(F)(F)F)c3ccccc3)C2C1)c1ccccc1)C(F)(F)F. The summed E-state index contributed by atoms with van der Waals surface area (Å²) in [5.41, 5.74) is 0.617. The van der Waals surface area contributed by atoms with Gasteiger partial charge in [0.1, 0.15) is 0 Å². The lowest BCUT2D eigenvalue weighted by molar-refractivity contribution is -0.164. The van der Waals surface area contributed by atoms with Crippen LogP contribution in [0, 0.1) is 0 Å². The van der Waals surface area contributed by atoms with Crippen LogP contribution in [0.5, 0.6) is 0 Å². The summed E-state index contributed by atoms with van der Waals surface area (Å²) in [6.45, 7) is 0.432. The Labute approximate surface area is 232 Å². The quantitative estimate of drug-likeness (QED) is 0.236. The minimum Gasteiger partial charge on any atom is -0.375 e. The summed E-state index contributed by atoms with van der Waals surface area (Å²) in [7, 11) is 0. The fourth-order valence-electron chi connectivity index (χ4n) is 5.49. The van der Waals surface area contributed by atoms with Crippen molar-refractivity contribution in [3.8, 4) is 0 Å². The lowest BCUT2D eigenvalue weighted by Crippen LogP contribution is -2.45. The number of carbonyl (C=O) groups is 2. The van der Waals surface area contributed by atoms with Crippen LogP contribution >= 0.6 is 0 Å². The lowest BCUT2D eigenvalue weighted by atomic mass is 9.88. The van der Waals surface area contributed by atoms with Crippen molar-refractivity contribution in [2.75, 3.05) is 18.0 Å². The Hall–Kier alpha value is -4.34. The third kappa shape index (κ3) is 5.77. The first-order valence-corrected chi connectivity index (χ1v) is 12.8. The molecule has 1 saturated heterocycles. The first kappa shape index (κ1) is 28.2. The number of piperidine rings is 1. The van der Waals surface area contributed by atoms with Gasteiger partial charge in [0.2, 0.25) is 0 Å². The minimum atomic E-state index is -5.12. The smallest absolute Gasteiger partial charge is 0.375 e. The van der Waals surface area contributed by atoms with Gasteiger partial charge in [-0.3, -0.25) is 9.59 Å². The molecule has 0 aliphatic carbocycles. The second-order valence-corrected chi connectivity index (χ2v) is 9.89. The molecule has 3 aromatic rings. The number of hydrogen-bond donors (Lipinski definition) is 0. The van der Waals surface area contributed by atoms with Crippen LogP contribution in [0.15, 0.2) is 97.3 Å². The molecule has 10 heteroatoms. The average molecular weight is 571 g/mol. The molecule has 0 spiro atoms. The molecule has 2 aliphatic heterocycles. The van der Waals surface area contributed by atoms with E-state index in [1.165, 1.54) is 60.9 Å². The van der Waals surface area contributed by atoms with E-state index in [0.717, 1.165) is 5.56 Å². The van der Waals surface area contributed by atoms with E-state index < -0.39 is 41.1 Å². The summed E-state index contributed by atoms with van der Waals surface area (Å²) < 4.78 is 81.6. The summed E-state index contributed by atoms with van der Waals surface area (Å²) >= 11 is 0. The van der Waals surface area contributed by atoms with Crippen LogP contribution < -0.4 is 4.90 Å². The summed E-state index contributed by atoms with van der Waals surface area (Å²) in [6, 6.07) is 21.7. The monoisotopic (exact) mass is 570 g/mol. The zero-order valence-corrected chi connectivity index (χ0v) is 21.5. The van der Waals surface area contributed by atoms with Gasteiger partial charge in [-0.05, 0) is 29.2 Å². The Balaban J connectivity index is 1.57. The van der Waals surface area contributed by atoms with Crippen molar-refractivity contribution in [3.63, 3.8) is 0 Å². The maximum absolute atomic E-state index is 13.7. The van der Waals surface area contributed by atoms with Crippen LogP contribution in [0.25, 0.3) is 11.1 Å². The molecular weight excluding hydrogens is 546 g/mol. The van der Waals surface area contributed by atoms with Gasteiger partial charge in [0.25, 0.3) is 11.6 Å². The number of Topliss-reactive ketones (excluding diaryl/α,β-unsaturated/α-hetero) is 2. The predicted molar refractivity (Wildman–Crippen MR) is 143 cm³/mol. The van der Waals surface area contributed by atoms with Crippen molar-refractivity contribution in [1.29, 1.82) is 0 Å². The molecule has 0 amide bonds. The second kappa shape index (κ2) is 10.9. The summed E-state index contributed by atoms with van der Waals surface area (Å²) in [4.78, 5) is 28.2. The number of carbonyl (C=O) groups excluding carboxylic acids is 2. The summed E-state index contributed by atoms with van der Waals surface area (Å²) in [6.07, 6.45) is -7.37. The van der Waals surface area contributed by atoms with Gasteiger partial charge in [-0.25, -0.2) is 0 Å². The number of para-hydroxylation sites is 1. The molecule has 2 heterocycles. The van der Waals surface area contributed by atoms with Crippen molar-refractivity contribution < 1.29 is 35.9 Å². The molecule has 3 aromatic carbocycles. The van der Waals surface area contributed by atoms with Gasteiger partial charge < -0.3 is 9.80 Å². The molecule has 4 nitrogen and oxygen atoms in total. The highest BCUT2D eigenvalue weighted by Crippen LogP contribution is 2.46. The average Bonchev–Trinajstić information content (AvgIpc) is 3.26. The molecule has 5 rings (SSSR count). The molecule has 2 atom stereocenters. The van der Waals surface area contributed by atoms with E-state index in [4.69, 9.17) is 0 Å². The van der Waals surface area contributed by atoms with E-state index in [1.807, 2.05) is 12.1 Å². The first-order chi connectivity index (χ1) is 19.4. The number of likely N-dealkylation sites (tertiary alicyclic amines) is 1. The third-order valence-electron chi connectivity index (χ3n) is 7.34. The van der Waals surface area contributed by atoms with E-state index in [0.29, 0.717) is 18.7 Å². The van der Waals surface area contributed by atoms with E-state index in [-0.39, 0.29) is 23.6 Å². The minimum absolute atomic E-state index is 0.0884. The van der Waals surface area contributed by atoms with E-state index in [1.54, 1.807) is 34.1 Å². The third-order valence-corrected chi connectivity index (χ3v) is 7.34. The number of ketones is 2. The summed E-state index contributed by atoms with van der Waals surface area (Å²) in [5.74, 6) is -4.14. The molecule has 2 aliphatic rings. The fourth-order valence-corrected chi connectivity index (χ4v) is 5.49. The van der Waals surface area contributed by atoms with Gasteiger partial charge in [0.05, 0.1) is 17.2 Å². The number of allylic oxidation sites excluding steroid dienone is 2. The Morgan fingerprint density at radius 1 is 0.683 bits per heavy atom. The Morgan fingerprint density at radius 2 is 1.17 bits per heavy atom. The molecular formula is C31H24F6N2O2. The number of fused-ring (bicyclic) bond motifs is 3. The predicted octanol–water partition coefficient (Wildman–Crippen LogP) is 7.01. The van der Waals surface area contributed by atoms with E-state index in [9.17, 15) is 35.9 Å². The number of hydrogen-bond acceptors (Lipinski definition) is 4. The maximum Gasteiger partial charge on any atom is 0.454 e. The van der Waals surface area contributed by atoms with Gasteiger partial charge in [0, 0.05) is 37.1 Å². The standard InChI is InChI=1S/C31H24F6N2O2/c32-30(33,34)28(40)24(20-9-3-1-4-10-20)17-38-16-15-23-22-13-7-8-14-26(22)39(27(23)19-38)18-25(29(41)31(35,36)37)21-11-5-2-6-12-21/h1-14,17-18,23,27H,15-16,19H2/b24-17+,25-18+. The highest BCUT2D eigenvalue weighted by molar-refractivity contribution is 6.24. The van der Waals surface area contributed by atoms with Crippen LogP contribution in [0.3, 0.4) is 0 Å². The molecule has 0 saturated carbocycles. The van der Waals surface area contributed by atoms with Crippen LogP contribution in [0.1, 0.15) is 29.0 Å². The molecule has 2 unspecified atom stereocenters. The van der Waals surface area contributed by atoms with E-state index in [2.05, 4.69) is 0 Å². The van der Waals surface area contributed by atoms with Gasteiger partial charge in [0.15, 0.2) is 0 Å². The highest BCUT2D eigenvalue weighted by Gasteiger charge is 2.45. The van der Waals surface area contributed by atoms with Gasteiger partial charge in [-0.2, -0.15) is 26.3 Å². The maximum atomic E-state index is 13.7. The number of halogens is 6. The van der Waals surface area contributed by atoms with Crippen molar-refractivity contribution in [2.45, 2.75) is 30.7 Å². The van der Waals surface area contributed by atoms with Crippen molar-refractivity contribution in [2.24, 2.45) is 0 Å².